The molecule has 1 N–H and O–H groups in total. The number of carbonyl (C=O) groups is 1. The average Bonchev–Trinajstić information content (AvgIpc) is 3.56. The summed E-state index contributed by atoms with van der Waals surface area (Å²) in [6.07, 6.45) is 2.59. The summed E-state index contributed by atoms with van der Waals surface area (Å²) >= 11 is 7.58. The van der Waals surface area contributed by atoms with Crippen LogP contribution in [-0.2, 0) is 11.3 Å². The van der Waals surface area contributed by atoms with Gasteiger partial charge in [-0.25, -0.2) is 24.5 Å². The number of nitrogens with one attached hydrogen (secondary N) is 1. The van der Waals surface area contributed by atoms with Crippen LogP contribution >= 0.6 is 22.9 Å². The predicted molar refractivity (Wildman–Crippen MR) is 135 cm³/mol. The van der Waals surface area contributed by atoms with Crippen molar-refractivity contribution in [3.8, 4) is 0 Å². The third kappa shape index (κ3) is 3.60. The van der Waals surface area contributed by atoms with E-state index in [-0.39, 0.29) is 18.4 Å². The number of benzene rings is 1. The van der Waals surface area contributed by atoms with Crippen LogP contribution in [0.4, 0.5) is 11.6 Å². The molecular weight excluding hydrogens is 504 g/mol. The minimum Gasteiger partial charge on any atom is -0.282 e. The Morgan fingerprint density at radius 3 is 2.69 bits per heavy atom. The Morgan fingerprint density at radius 1 is 1.14 bits per heavy atom. The van der Waals surface area contributed by atoms with Crippen LogP contribution in [0.25, 0.3) is 26.8 Å². The van der Waals surface area contributed by atoms with Gasteiger partial charge in [-0.3, -0.25) is 14.0 Å². The van der Waals surface area contributed by atoms with Gasteiger partial charge in [0.1, 0.15) is 46.4 Å². The van der Waals surface area contributed by atoms with Gasteiger partial charge < -0.3 is 0 Å². The maximum atomic E-state index is 13.7. The molecule has 0 saturated carbocycles. The molecule has 6 rings (SSSR count). The fraction of sp³-hybridized carbons (Fsp3) is 0.182. The molecule has 0 aliphatic rings. The maximum absolute atomic E-state index is 13.7. The Kier molecular flexibility index (Phi) is 5.23. The molecule has 0 fully saturated rings. The van der Waals surface area contributed by atoms with Gasteiger partial charge in [-0.1, -0.05) is 25.4 Å². The van der Waals surface area contributed by atoms with Gasteiger partial charge in [-0.05, 0) is 30.3 Å². The zero-order valence-electron chi connectivity index (χ0n) is 19.0. The number of hydrogen-bond acceptors (Lipinski definition) is 9. The number of hydrogen-bond donors (Lipinski definition) is 1. The largest absolute Gasteiger partial charge is 0.291 e. The number of halogens is 1. The van der Waals surface area contributed by atoms with E-state index >= 15 is 0 Å². The summed E-state index contributed by atoms with van der Waals surface area (Å²) in [5, 5.41) is 16.1. The van der Waals surface area contributed by atoms with Crippen molar-refractivity contribution in [2.24, 2.45) is 0 Å². The summed E-state index contributed by atoms with van der Waals surface area (Å²) < 4.78 is 3.63. The Bertz CT molecular complexity index is 1820. The van der Waals surface area contributed by atoms with E-state index in [2.05, 4.69) is 35.5 Å². The van der Waals surface area contributed by atoms with E-state index in [0.717, 1.165) is 10.2 Å². The molecule has 0 aliphatic carbocycles. The fourth-order valence-corrected chi connectivity index (χ4v) is 5.29. The SMILES string of the molecule is CC(C)c1nn(CC(=O)N(c2ccc3n[nH]nc3c2)c2ncncn2)c(=O)c2cc3cc(Cl)sc3n12. The lowest BCUT2D eigenvalue weighted by atomic mass is 10.2. The number of carbonyl (C=O) groups excluding carboxylic acids is 1. The van der Waals surface area contributed by atoms with E-state index in [0.29, 0.717) is 32.4 Å². The molecule has 6 aromatic rings. The van der Waals surface area contributed by atoms with Gasteiger partial charge in [0.25, 0.3) is 11.5 Å². The summed E-state index contributed by atoms with van der Waals surface area (Å²) in [4.78, 5) is 41.4. The Balaban J connectivity index is 1.47. The van der Waals surface area contributed by atoms with E-state index in [1.807, 2.05) is 24.3 Å². The third-order valence-electron chi connectivity index (χ3n) is 5.64. The zero-order valence-corrected chi connectivity index (χ0v) is 20.5. The molecule has 0 bridgehead atoms. The van der Waals surface area contributed by atoms with Crippen molar-refractivity contribution in [3.63, 3.8) is 0 Å². The number of fused-ring (bicyclic) bond motifs is 4. The zero-order chi connectivity index (χ0) is 25.0. The van der Waals surface area contributed by atoms with Crippen LogP contribution in [0.3, 0.4) is 0 Å². The second kappa shape index (κ2) is 8.46. The van der Waals surface area contributed by atoms with Gasteiger partial charge in [0.2, 0.25) is 5.95 Å². The first-order chi connectivity index (χ1) is 17.4. The summed E-state index contributed by atoms with van der Waals surface area (Å²) in [5.41, 5.74) is 1.69. The van der Waals surface area contributed by atoms with Crippen molar-refractivity contribution in [2.45, 2.75) is 26.3 Å². The number of thiophene rings is 1. The highest BCUT2D eigenvalue weighted by Gasteiger charge is 2.25. The smallest absolute Gasteiger partial charge is 0.282 e. The first kappa shape index (κ1) is 22.2. The van der Waals surface area contributed by atoms with Crippen LogP contribution in [-0.4, -0.2) is 50.5 Å². The number of amides is 1. The molecule has 5 heterocycles. The Hall–Kier alpha value is -4.23. The average molecular weight is 521 g/mol. The highest BCUT2D eigenvalue weighted by atomic mass is 35.5. The van der Waals surface area contributed by atoms with Crippen molar-refractivity contribution >= 4 is 67.2 Å². The van der Waals surface area contributed by atoms with Crippen molar-refractivity contribution in [1.82, 2.24) is 44.5 Å². The molecule has 0 atom stereocenters. The van der Waals surface area contributed by atoms with Gasteiger partial charge >= 0.3 is 0 Å². The second-order valence-electron chi connectivity index (χ2n) is 8.32. The van der Waals surface area contributed by atoms with Gasteiger partial charge in [0.05, 0.1) is 10.0 Å². The van der Waals surface area contributed by atoms with Crippen LogP contribution in [0.15, 0.2) is 47.8 Å². The Morgan fingerprint density at radius 2 is 1.92 bits per heavy atom. The number of rotatable bonds is 5. The molecule has 36 heavy (non-hydrogen) atoms. The Labute approximate surface area is 211 Å². The van der Waals surface area contributed by atoms with Crippen LogP contribution in [0.1, 0.15) is 25.6 Å². The van der Waals surface area contributed by atoms with Crippen molar-refractivity contribution in [2.75, 3.05) is 4.90 Å². The molecule has 0 radical (unpaired) electrons. The first-order valence-corrected chi connectivity index (χ1v) is 12.1. The molecule has 12 nitrogen and oxygen atoms in total. The van der Waals surface area contributed by atoms with Gasteiger partial charge in [0.15, 0.2) is 0 Å². The normalized spacial score (nSPS) is 11.8. The van der Waals surface area contributed by atoms with Crippen LogP contribution in [0.5, 0.6) is 0 Å². The van der Waals surface area contributed by atoms with E-state index in [4.69, 9.17) is 11.6 Å². The second-order valence-corrected chi connectivity index (χ2v) is 9.98. The monoisotopic (exact) mass is 520 g/mol. The first-order valence-electron chi connectivity index (χ1n) is 10.9. The molecule has 14 heteroatoms. The number of aromatic nitrogens is 9. The minimum absolute atomic E-state index is 0.0277. The van der Waals surface area contributed by atoms with Crippen molar-refractivity contribution < 1.29 is 4.79 Å². The lowest BCUT2D eigenvalue weighted by Crippen LogP contribution is -2.37. The lowest BCUT2D eigenvalue weighted by molar-refractivity contribution is -0.118. The van der Waals surface area contributed by atoms with E-state index < -0.39 is 11.5 Å². The van der Waals surface area contributed by atoms with E-state index in [1.54, 1.807) is 24.3 Å². The summed E-state index contributed by atoms with van der Waals surface area (Å²) in [6.45, 7) is 3.62. The molecule has 180 valence electrons. The molecule has 1 aromatic carbocycles. The lowest BCUT2D eigenvalue weighted by Gasteiger charge is -2.21. The van der Waals surface area contributed by atoms with Crippen LogP contribution in [0.2, 0.25) is 4.34 Å². The highest BCUT2D eigenvalue weighted by molar-refractivity contribution is 7.22. The number of nitrogens with zero attached hydrogens (tertiary/aromatic N) is 9. The van der Waals surface area contributed by atoms with E-state index in [1.165, 1.54) is 33.6 Å². The fourth-order valence-electron chi connectivity index (χ4n) is 4.06. The predicted octanol–water partition coefficient (Wildman–Crippen LogP) is 3.31. The molecule has 0 unspecified atom stereocenters. The van der Waals surface area contributed by atoms with Crippen molar-refractivity contribution in [1.29, 1.82) is 0 Å². The molecule has 0 spiro atoms. The summed E-state index contributed by atoms with van der Waals surface area (Å²) in [7, 11) is 0. The quantitative estimate of drug-likeness (QED) is 0.365. The van der Waals surface area contributed by atoms with Crippen LogP contribution < -0.4 is 10.5 Å². The van der Waals surface area contributed by atoms with Crippen molar-refractivity contribution in [3.05, 3.63) is 63.5 Å². The summed E-state index contributed by atoms with van der Waals surface area (Å²) in [6, 6.07) is 8.70. The number of aromatic amines is 1. The maximum Gasteiger partial charge on any atom is 0.291 e. The van der Waals surface area contributed by atoms with Crippen LogP contribution in [0, 0.1) is 0 Å². The number of H-pyrrole nitrogens is 1. The molecule has 1 amide bonds. The number of anilines is 2. The standard InChI is InChI=1S/C22H17ClN10O2S/c1-11(2)19-29-31(20(35)16-5-12-6-17(23)36-21(12)33(16)19)8-18(34)32(22-25-9-24-10-26-22)13-3-4-14-15(7-13)28-30-27-14/h3-7,9-11H,8H2,1-2H3,(H,27,28,30). The molecule has 0 saturated heterocycles. The molecular formula is C22H17ClN10O2S. The minimum atomic E-state index is -0.464. The topological polar surface area (TPSA) is 140 Å². The van der Waals surface area contributed by atoms with Gasteiger partial charge in [-0.2, -0.15) is 20.5 Å². The summed E-state index contributed by atoms with van der Waals surface area (Å²) in [5.74, 6) is 0.254. The van der Waals surface area contributed by atoms with Gasteiger partial charge in [-0.15, -0.1) is 11.3 Å². The van der Waals surface area contributed by atoms with E-state index in [9.17, 15) is 9.59 Å². The third-order valence-corrected chi connectivity index (χ3v) is 6.91. The highest BCUT2D eigenvalue weighted by Crippen LogP contribution is 2.33. The molecule has 5 aromatic heterocycles. The molecule has 0 aliphatic heterocycles. The van der Waals surface area contributed by atoms with Gasteiger partial charge in [0, 0.05) is 11.3 Å².